The Balaban J connectivity index is 1.41. The highest BCUT2D eigenvalue weighted by molar-refractivity contribution is 6.02. The number of imide groups is 1. The molecule has 0 atom stereocenters. The maximum Gasteiger partial charge on any atom is 0.416 e. The molecule has 182 valence electrons. The van der Waals surface area contributed by atoms with E-state index in [2.05, 4.69) is 10.3 Å². The molecule has 10 heteroatoms. The molecule has 1 aromatic heterocycles. The van der Waals surface area contributed by atoms with Crippen LogP contribution in [-0.4, -0.2) is 34.9 Å². The van der Waals surface area contributed by atoms with Crippen LogP contribution >= 0.6 is 0 Å². The lowest BCUT2D eigenvalue weighted by atomic mass is 10.1. The van der Waals surface area contributed by atoms with Crippen LogP contribution in [0.15, 0.2) is 59.0 Å². The Labute approximate surface area is 199 Å². The molecule has 0 radical (unpaired) electrons. The number of alkyl halides is 3. The van der Waals surface area contributed by atoms with Gasteiger partial charge in [0.05, 0.1) is 5.56 Å². The zero-order valence-electron chi connectivity index (χ0n) is 19.0. The van der Waals surface area contributed by atoms with Gasteiger partial charge in [0.1, 0.15) is 30.4 Å². The van der Waals surface area contributed by atoms with E-state index in [1.807, 2.05) is 31.2 Å². The van der Waals surface area contributed by atoms with E-state index in [-0.39, 0.29) is 24.9 Å². The van der Waals surface area contributed by atoms with Crippen LogP contribution in [-0.2, 0) is 17.6 Å². The average molecular weight is 485 g/mol. The number of aromatic nitrogens is 1. The van der Waals surface area contributed by atoms with Gasteiger partial charge < -0.3 is 14.1 Å². The summed E-state index contributed by atoms with van der Waals surface area (Å²) in [6.45, 7) is 4.06. The molecule has 1 aliphatic heterocycles. The fraction of sp³-hybridized carbons (Fsp3) is 0.240. The molecule has 2 aromatic carbocycles. The number of ether oxygens (including phenoxy) is 1. The van der Waals surface area contributed by atoms with Gasteiger partial charge in [-0.3, -0.25) is 10.1 Å². The van der Waals surface area contributed by atoms with Gasteiger partial charge in [0.2, 0.25) is 11.8 Å². The van der Waals surface area contributed by atoms with Crippen LogP contribution in [0.4, 0.5) is 18.0 Å². The number of amides is 3. The number of oxazole rings is 1. The number of urea groups is 1. The summed E-state index contributed by atoms with van der Waals surface area (Å²) in [5.41, 5.74) is 2.01. The predicted octanol–water partition coefficient (Wildman–Crippen LogP) is 5.20. The van der Waals surface area contributed by atoms with Crippen LogP contribution in [0.3, 0.4) is 0 Å². The van der Waals surface area contributed by atoms with E-state index in [0.717, 1.165) is 23.3 Å². The van der Waals surface area contributed by atoms with E-state index >= 15 is 0 Å². The highest BCUT2D eigenvalue weighted by atomic mass is 19.4. The number of allylic oxidation sites excluding steroid dienone is 1. The number of nitrogens with one attached hydrogen (secondary N) is 1. The highest BCUT2D eigenvalue weighted by Crippen LogP contribution is 2.31. The first-order chi connectivity index (χ1) is 16.6. The topological polar surface area (TPSA) is 84.7 Å². The molecule has 1 fully saturated rings. The second kappa shape index (κ2) is 9.65. The van der Waals surface area contributed by atoms with Crippen LogP contribution in [0.1, 0.15) is 29.5 Å². The monoisotopic (exact) mass is 485 g/mol. The van der Waals surface area contributed by atoms with E-state index in [1.54, 1.807) is 13.0 Å². The maximum absolute atomic E-state index is 12.8. The minimum Gasteiger partial charge on any atom is -0.487 e. The zero-order valence-corrected chi connectivity index (χ0v) is 19.0. The smallest absolute Gasteiger partial charge is 0.416 e. The molecule has 0 aliphatic carbocycles. The third-order valence-corrected chi connectivity index (χ3v) is 5.50. The number of halogens is 3. The Hall–Kier alpha value is -4.08. The Morgan fingerprint density at radius 1 is 1.20 bits per heavy atom. The molecule has 7 nitrogen and oxygen atoms in total. The highest BCUT2D eigenvalue weighted by Gasteiger charge is 2.30. The molecule has 0 bridgehead atoms. The third kappa shape index (κ3) is 5.71. The molecule has 2 heterocycles. The zero-order chi connectivity index (χ0) is 25.2. The number of hydrogen-bond donors (Lipinski definition) is 1. The molecule has 3 aromatic rings. The summed E-state index contributed by atoms with van der Waals surface area (Å²) in [6.07, 6.45) is -2.55. The summed E-state index contributed by atoms with van der Waals surface area (Å²) in [5, 5.41) is 2.24. The molecule has 1 N–H and O–H groups in total. The van der Waals surface area contributed by atoms with E-state index in [4.69, 9.17) is 9.15 Å². The lowest BCUT2D eigenvalue weighted by Gasteiger charge is -2.11. The first-order valence-electron chi connectivity index (χ1n) is 10.7. The lowest BCUT2D eigenvalue weighted by molar-refractivity contribution is -0.137. The van der Waals surface area contributed by atoms with Crippen molar-refractivity contribution in [1.29, 1.82) is 0 Å². The van der Waals surface area contributed by atoms with Gasteiger partial charge in [0.15, 0.2) is 0 Å². The summed E-state index contributed by atoms with van der Waals surface area (Å²) in [6, 6.07) is 11.6. The number of carbonyl (C=O) groups excluding carboxylic acids is 2. The van der Waals surface area contributed by atoms with Crippen LogP contribution in [0.5, 0.6) is 5.75 Å². The number of nitrogens with zero attached hydrogens (tertiary/aromatic N) is 2. The van der Waals surface area contributed by atoms with Gasteiger partial charge in [-0.25, -0.2) is 9.78 Å². The Morgan fingerprint density at radius 3 is 2.60 bits per heavy atom. The van der Waals surface area contributed by atoms with Crippen molar-refractivity contribution in [2.45, 2.75) is 26.6 Å². The fourth-order valence-electron chi connectivity index (χ4n) is 3.47. The Bertz CT molecular complexity index is 1280. The largest absolute Gasteiger partial charge is 0.487 e. The van der Waals surface area contributed by atoms with E-state index in [1.165, 1.54) is 17.0 Å². The molecular weight excluding hydrogens is 463 g/mol. The van der Waals surface area contributed by atoms with Gasteiger partial charge >= 0.3 is 12.2 Å². The number of benzene rings is 2. The van der Waals surface area contributed by atoms with Crippen LogP contribution in [0.25, 0.3) is 17.0 Å². The number of aryl methyl sites for hydroxylation is 1. The Kier molecular flexibility index (Phi) is 6.63. The molecule has 1 saturated heterocycles. The molecule has 0 saturated carbocycles. The van der Waals surface area contributed by atoms with Gasteiger partial charge in [-0.1, -0.05) is 18.2 Å². The molecule has 1 aliphatic rings. The van der Waals surface area contributed by atoms with E-state index in [9.17, 15) is 22.8 Å². The van der Waals surface area contributed by atoms with Gasteiger partial charge in [-0.05, 0) is 61.4 Å². The third-order valence-electron chi connectivity index (χ3n) is 5.50. The van der Waals surface area contributed by atoms with Gasteiger partial charge in [-0.15, -0.1) is 0 Å². The summed E-state index contributed by atoms with van der Waals surface area (Å²) >= 11 is 0. The molecule has 4 rings (SSSR count). The molecular formula is C25H22F3N3O4. The van der Waals surface area contributed by atoms with Crippen LogP contribution in [0.2, 0.25) is 0 Å². The van der Waals surface area contributed by atoms with Crippen molar-refractivity contribution in [1.82, 2.24) is 15.2 Å². The standard InChI is InChI=1S/C25H22F3N3O4/c1-15(10-11-31-13-22(32)30-24(31)33)18-4-3-5-20(12-18)34-14-21-16(2)35-23(29-21)17-6-8-19(9-7-17)25(26,27)28/h3-10,12H,11,13-14H2,1-2H3,(H,30,32,33)/b15-10+. The second-order valence-corrected chi connectivity index (χ2v) is 8.03. The first-order valence-corrected chi connectivity index (χ1v) is 10.7. The van der Waals surface area contributed by atoms with Crippen molar-refractivity contribution in [3.63, 3.8) is 0 Å². The number of rotatable bonds is 7. The molecule has 0 unspecified atom stereocenters. The van der Waals surface area contributed by atoms with Crippen molar-refractivity contribution >= 4 is 17.5 Å². The first kappa shape index (κ1) is 24.1. The van der Waals surface area contributed by atoms with Gasteiger partial charge in [0.25, 0.3) is 0 Å². The summed E-state index contributed by atoms with van der Waals surface area (Å²) in [5.74, 6) is 0.987. The van der Waals surface area contributed by atoms with Gasteiger partial charge in [-0.2, -0.15) is 13.2 Å². The fourth-order valence-corrected chi connectivity index (χ4v) is 3.47. The lowest BCUT2D eigenvalue weighted by Crippen LogP contribution is -2.28. The SMILES string of the molecule is C/C(=C\CN1CC(=O)NC1=O)c1cccc(OCc2nc(-c3ccc(C(F)(F)F)cc3)oc2C)c1. The van der Waals surface area contributed by atoms with Crippen LogP contribution in [0, 0.1) is 6.92 Å². The maximum atomic E-state index is 12.8. The minimum absolute atomic E-state index is 0.0390. The predicted molar refractivity (Wildman–Crippen MR) is 121 cm³/mol. The second-order valence-electron chi connectivity index (χ2n) is 8.03. The summed E-state index contributed by atoms with van der Waals surface area (Å²) < 4.78 is 49.9. The minimum atomic E-state index is -4.41. The van der Waals surface area contributed by atoms with Crippen molar-refractivity contribution in [3.05, 3.63) is 77.2 Å². The molecule has 35 heavy (non-hydrogen) atoms. The van der Waals surface area contributed by atoms with Crippen molar-refractivity contribution < 1.29 is 31.9 Å². The van der Waals surface area contributed by atoms with Crippen LogP contribution < -0.4 is 10.1 Å². The van der Waals surface area contributed by atoms with Crippen molar-refractivity contribution in [2.24, 2.45) is 0 Å². The van der Waals surface area contributed by atoms with Crippen molar-refractivity contribution in [3.8, 4) is 17.2 Å². The quantitative estimate of drug-likeness (QED) is 0.465. The molecule has 3 amide bonds. The summed E-state index contributed by atoms with van der Waals surface area (Å²) in [7, 11) is 0. The Morgan fingerprint density at radius 2 is 1.94 bits per heavy atom. The van der Waals surface area contributed by atoms with E-state index < -0.39 is 17.8 Å². The average Bonchev–Trinajstić information content (AvgIpc) is 3.36. The van der Waals surface area contributed by atoms with Crippen molar-refractivity contribution in [2.75, 3.05) is 13.1 Å². The normalized spacial score (nSPS) is 14.4. The number of carbonyl (C=O) groups is 2. The molecule has 0 spiro atoms. The summed E-state index contributed by atoms with van der Waals surface area (Å²) in [4.78, 5) is 28.8. The van der Waals surface area contributed by atoms with Gasteiger partial charge in [0, 0.05) is 12.1 Å². The number of hydrogen-bond acceptors (Lipinski definition) is 5. The van der Waals surface area contributed by atoms with E-state index in [0.29, 0.717) is 29.3 Å².